The van der Waals surface area contributed by atoms with Gasteiger partial charge < -0.3 is 21.1 Å². The van der Waals surface area contributed by atoms with E-state index in [1.165, 1.54) is 0 Å². The fourth-order valence-corrected chi connectivity index (χ4v) is 2.92. The van der Waals surface area contributed by atoms with Crippen LogP contribution in [-0.2, 0) is 4.74 Å². The van der Waals surface area contributed by atoms with Crippen LogP contribution in [0.15, 0.2) is 12.1 Å². The number of likely N-dealkylation sites (N-methyl/N-ethyl adjacent to an activating group) is 1. The zero-order valence-corrected chi connectivity index (χ0v) is 11.8. The van der Waals surface area contributed by atoms with Crippen LogP contribution in [0.5, 0.6) is 0 Å². The number of rotatable bonds is 3. The summed E-state index contributed by atoms with van der Waals surface area (Å²) in [6, 6.07) is 3.35. The number of nitrogens with zero attached hydrogens (tertiary/aromatic N) is 1. The molecule has 2 rings (SSSR count). The number of nitrogen functional groups attached to an aromatic ring is 1. The number of carbonyl (C=O) groups excluding carboxylic acids is 1. The Hall–Kier alpha value is -1.46. The van der Waals surface area contributed by atoms with Crippen molar-refractivity contribution in [2.45, 2.75) is 25.5 Å². The lowest BCUT2D eigenvalue weighted by Crippen LogP contribution is -2.38. The number of halogens is 1. The van der Waals surface area contributed by atoms with Gasteiger partial charge in [0, 0.05) is 19.3 Å². The van der Waals surface area contributed by atoms with Gasteiger partial charge in [0.05, 0.1) is 28.4 Å². The first-order valence-corrected chi connectivity index (χ1v) is 6.53. The molecule has 19 heavy (non-hydrogen) atoms. The van der Waals surface area contributed by atoms with Crippen molar-refractivity contribution in [3.05, 3.63) is 22.7 Å². The average molecular weight is 284 g/mol. The summed E-state index contributed by atoms with van der Waals surface area (Å²) in [6.45, 7) is 2.71. The van der Waals surface area contributed by atoms with E-state index in [1.54, 1.807) is 12.1 Å². The Bertz CT molecular complexity index is 507. The van der Waals surface area contributed by atoms with Crippen LogP contribution >= 0.6 is 11.6 Å². The molecule has 6 heteroatoms. The van der Waals surface area contributed by atoms with Gasteiger partial charge in [-0.2, -0.15) is 0 Å². The first-order valence-electron chi connectivity index (χ1n) is 6.15. The number of benzene rings is 1. The monoisotopic (exact) mass is 283 g/mol. The fourth-order valence-electron chi connectivity index (χ4n) is 2.56. The zero-order valence-electron chi connectivity index (χ0n) is 11.0. The number of hydrogen-bond acceptors (Lipinski definition) is 4. The van der Waals surface area contributed by atoms with Crippen molar-refractivity contribution in [1.29, 1.82) is 0 Å². The Morgan fingerprint density at radius 1 is 1.53 bits per heavy atom. The lowest BCUT2D eigenvalue weighted by Gasteiger charge is -2.31. The van der Waals surface area contributed by atoms with Gasteiger partial charge in [-0.3, -0.25) is 4.79 Å². The van der Waals surface area contributed by atoms with Gasteiger partial charge in [-0.1, -0.05) is 11.6 Å². The van der Waals surface area contributed by atoms with E-state index in [0.717, 1.165) is 6.42 Å². The van der Waals surface area contributed by atoms with Gasteiger partial charge in [0.25, 0.3) is 5.91 Å². The minimum Gasteiger partial charge on any atom is -0.399 e. The lowest BCUT2D eigenvalue weighted by atomic mass is 10.1. The van der Waals surface area contributed by atoms with Crippen molar-refractivity contribution in [3.8, 4) is 0 Å². The van der Waals surface area contributed by atoms with Crippen molar-refractivity contribution in [2.75, 3.05) is 24.3 Å². The highest BCUT2D eigenvalue weighted by atomic mass is 35.5. The molecule has 5 nitrogen and oxygen atoms in total. The van der Waals surface area contributed by atoms with Gasteiger partial charge in [0.15, 0.2) is 0 Å². The third kappa shape index (κ3) is 2.62. The molecule has 104 valence electrons. The number of anilines is 2. The maximum absolute atomic E-state index is 11.6. The van der Waals surface area contributed by atoms with E-state index in [1.807, 2.05) is 18.9 Å². The largest absolute Gasteiger partial charge is 0.399 e. The topological polar surface area (TPSA) is 81.6 Å². The van der Waals surface area contributed by atoms with E-state index in [-0.39, 0.29) is 12.1 Å². The van der Waals surface area contributed by atoms with E-state index in [9.17, 15) is 4.79 Å². The van der Waals surface area contributed by atoms with Crippen LogP contribution in [0.1, 0.15) is 23.7 Å². The standard InChI is InChI=1S/C13H18ClN3O2/c1-7-11(3-4-19-7)17(2)12-9(13(16)18)5-8(15)6-10(12)14/h5-7,11H,3-4,15H2,1-2H3,(H2,16,18). The van der Waals surface area contributed by atoms with E-state index >= 15 is 0 Å². The molecule has 0 radical (unpaired) electrons. The molecule has 0 spiro atoms. The molecule has 2 atom stereocenters. The number of carbonyl (C=O) groups is 1. The molecule has 1 amide bonds. The van der Waals surface area contributed by atoms with Crippen LogP contribution in [0, 0.1) is 0 Å². The summed E-state index contributed by atoms with van der Waals surface area (Å²) in [4.78, 5) is 13.5. The van der Waals surface area contributed by atoms with Crippen molar-refractivity contribution in [2.24, 2.45) is 5.73 Å². The van der Waals surface area contributed by atoms with Crippen molar-refractivity contribution in [1.82, 2.24) is 0 Å². The molecule has 0 aliphatic carbocycles. The summed E-state index contributed by atoms with van der Waals surface area (Å²) < 4.78 is 5.55. The van der Waals surface area contributed by atoms with Crippen LogP contribution < -0.4 is 16.4 Å². The van der Waals surface area contributed by atoms with E-state index in [4.69, 9.17) is 27.8 Å². The highest BCUT2D eigenvalue weighted by Crippen LogP contribution is 2.35. The molecule has 1 aliphatic rings. The summed E-state index contributed by atoms with van der Waals surface area (Å²) in [5.74, 6) is -0.539. The summed E-state index contributed by atoms with van der Waals surface area (Å²) >= 11 is 6.23. The van der Waals surface area contributed by atoms with Gasteiger partial charge in [0.1, 0.15) is 0 Å². The van der Waals surface area contributed by atoms with Crippen molar-refractivity contribution >= 4 is 28.9 Å². The second-order valence-electron chi connectivity index (χ2n) is 4.81. The van der Waals surface area contributed by atoms with Crippen molar-refractivity contribution < 1.29 is 9.53 Å². The summed E-state index contributed by atoms with van der Waals surface area (Å²) in [5.41, 5.74) is 12.5. The molecule has 0 bridgehead atoms. The molecule has 1 aromatic rings. The Morgan fingerprint density at radius 2 is 2.21 bits per heavy atom. The molecule has 2 unspecified atom stereocenters. The third-order valence-corrected chi connectivity index (χ3v) is 3.83. The number of nitrogens with two attached hydrogens (primary N) is 2. The lowest BCUT2D eigenvalue weighted by molar-refractivity contribution is 0.0999. The third-order valence-electron chi connectivity index (χ3n) is 3.54. The molecule has 1 aliphatic heterocycles. The molecule has 0 aromatic heterocycles. The Morgan fingerprint density at radius 3 is 2.74 bits per heavy atom. The van der Waals surface area contributed by atoms with Crippen LogP contribution in [-0.4, -0.2) is 31.7 Å². The van der Waals surface area contributed by atoms with Gasteiger partial charge in [-0.15, -0.1) is 0 Å². The molecule has 0 saturated carbocycles. The van der Waals surface area contributed by atoms with Gasteiger partial charge in [-0.05, 0) is 25.5 Å². The second kappa shape index (κ2) is 5.27. The average Bonchev–Trinajstić information content (AvgIpc) is 2.73. The first-order chi connectivity index (χ1) is 8.91. The number of ether oxygens (including phenoxy) is 1. The van der Waals surface area contributed by atoms with Gasteiger partial charge >= 0.3 is 0 Å². The van der Waals surface area contributed by atoms with Gasteiger partial charge in [-0.25, -0.2) is 0 Å². The maximum Gasteiger partial charge on any atom is 0.250 e. The van der Waals surface area contributed by atoms with E-state index in [2.05, 4.69) is 0 Å². The predicted molar refractivity (Wildman–Crippen MR) is 76.6 cm³/mol. The fraction of sp³-hybridized carbons (Fsp3) is 0.462. The van der Waals surface area contributed by atoms with E-state index in [0.29, 0.717) is 28.6 Å². The van der Waals surface area contributed by atoms with Crippen LogP contribution in [0.25, 0.3) is 0 Å². The van der Waals surface area contributed by atoms with Crippen molar-refractivity contribution in [3.63, 3.8) is 0 Å². The minimum absolute atomic E-state index is 0.0827. The number of primary amides is 1. The first kappa shape index (κ1) is 14.0. The molecule has 1 fully saturated rings. The minimum atomic E-state index is -0.539. The summed E-state index contributed by atoms with van der Waals surface area (Å²) in [6.07, 6.45) is 0.968. The normalized spacial score (nSPS) is 22.5. The number of hydrogen-bond donors (Lipinski definition) is 2. The Kier molecular flexibility index (Phi) is 3.87. The highest BCUT2D eigenvalue weighted by molar-refractivity contribution is 6.34. The maximum atomic E-state index is 11.6. The zero-order chi connectivity index (χ0) is 14.2. The molecule has 4 N–H and O–H groups in total. The van der Waals surface area contributed by atoms with Crippen LogP contribution in [0.2, 0.25) is 5.02 Å². The quantitative estimate of drug-likeness (QED) is 0.826. The van der Waals surface area contributed by atoms with Crippen LogP contribution in [0.3, 0.4) is 0 Å². The Labute approximate surface area is 117 Å². The summed E-state index contributed by atoms with van der Waals surface area (Å²) in [5, 5.41) is 0.426. The molecular weight excluding hydrogens is 266 g/mol. The SMILES string of the molecule is CC1OCCC1N(C)c1c(Cl)cc(N)cc1C(N)=O. The molecule has 1 saturated heterocycles. The highest BCUT2D eigenvalue weighted by Gasteiger charge is 2.31. The second-order valence-corrected chi connectivity index (χ2v) is 5.21. The van der Waals surface area contributed by atoms with Gasteiger partial charge in [0.2, 0.25) is 0 Å². The molecule has 1 heterocycles. The molecule has 1 aromatic carbocycles. The smallest absolute Gasteiger partial charge is 0.250 e. The summed E-state index contributed by atoms with van der Waals surface area (Å²) in [7, 11) is 1.89. The Balaban J connectivity index is 2.45. The molecular formula is C13H18ClN3O2. The number of amides is 1. The van der Waals surface area contributed by atoms with E-state index < -0.39 is 5.91 Å². The van der Waals surface area contributed by atoms with Crippen LogP contribution in [0.4, 0.5) is 11.4 Å². The predicted octanol–water partition coefficient (Wildman–Crippen LogP) is 1.63.